The van der Waals surface area contributed by atoms with E-state index in [9.17, 15) is 0 Å². The molecule has 7 heteroatoms. The lowest BCUT2D eigenvalue weighted by molar-refractivity contribution is 1.10. The van der Waals surface area contributed by atoms with Crippen LogP contribution >= 0.6 is 0 Å². The van der Waals surface area contributed by atoms with Crippen LogP contribution in [0, 0.1) is 0 Å². The van der Waals surface area contributed by atoms with Crippen LogP contribution in [0.25, 0.3) is 77.9 Å². The van der Waals surface area contributed by atoms with Crippen molar-refractivity contribution in [3.8, 4) is 33.6 Å². The molecule has 7 nitrogen and oxygen atoms in total. The Labute approximate surface area is 251 Å². The first-order valence-electron chi connectivity index (χ1n) is 14.4. The molecule has 6 heterocycles. The van der Waals surface area contributed by atoms with Crippen molar-refractivity contribution in [2.24, 2.45) is 0 Å². The molecule has 3 aromatic carbocycles. The Morgan fingerprint density at radius 1 is 0.409 bits per heavy atom. The van der Waals surface area contributed by atoms with Crippen LogP contribution in [-0.2, 0) is 0 Å². The van der Waals surface area contributed by atoms with Crippen molar-refractivity contribution < 1.29 is 0 Å². The van der Waals surface area contributed by atoms with E-state index < -0.39 is 0 Å². The molecule has 0 spiro atoms. The Morgan fingerprint density at radius 3 is 1.75 bits per heavy atom. The van der Waals surface area contributed by atoms with E-state index in [0.717, 1.165) is 77.9 Å². The van der Waals surface area contributed by atoms with Gasteiger partial charge >= 0.3 is 0 Å². The lowest BCUT2D eigenvalue weighted by atomic mass is 9.99. The normalized spacial score (nSPS) is 11.6. The van der Waals surface area contributed by atoms with E-state index in [4.69, 9.17) is 15.0 Å². The number of rotatable bonds is 4. The van der Waals surface area contributed by atoms with E-state index in [2.05, 4.69) is 79.8 Å². The van der Waals surface area contributed by atoms with Crippen LogP contribution in [0.1, 0.15) is 0 Å². The second kappa shape index (κ2) is 9.68. The van der Waals surface area contributed by atoms with Gasteiger partial charge in [0.05, 0.1) is 11.0 Å². The molecular weight excluding hydrogens is 542 g/mol. The van der Waals surface area contributed by atoms with Crippen molar-refractivity contribution in [3.63, 3.8) is 0 Å². The molecule has 0 fully saturated rings. The molecule has 0 bridgehead atoms. The predicted molar refractivity (Wildman–Crippen MR) is 175 cm³/mol. The molecule has 0 aliphatic carbocycles. The van der Waals surface area contributed by atoms with Crippen molar-refractivity contribution in [1.29, 1.82) is 0 Å². The van der Waals surface area contributed by atoms with E-state index in [0.29, 0.717) is 0 Å². The lowest BCUT2D eigenvalue weighted by Gasteiger charge is -2.13. The molecular formula is C37H23N7. The highest BCUT2D eigenvalue weighted by Crippen LogP contribution is 2.37. The molecule has 44 heavy (non-hydrogen) atoms. The molecule has 0 saturated carbocycles. The van der Waals surface area contributed by atoms with Crippen LogP contribution in [0.15, 0.2) is 140 Å². The summed E-state index contributed by atoms with van der Waals surface area (Å²) in [5.41, 5.74) is 12.3. The number of fused-ring (bicyclic) bond motifs is 6. The summed E-state index contributed by atoms with van der Waals surface area (Å²) in [6.45, 7) is 0. The highest BCUT2D eigenvalue weighted by atomic mass is 15.1. The molecule has 9 rings (SSSR count). The van der Waals surface area contributed by atoms with Crippen molar-refractivity contribution in [3.05, 3.63) is 140 Å². The average Bonchev–Trinajstić information content (AvgIpc) is 3.60. The van der Waals surface area contributed by atoms with Crippen molar-refractivity contribution in [2.75, 3.05) is 0 Å². The Hall–Kier alpha value is -6.21. The average molecular weight is 566 g/mol. The molecule has 0 N–H and O–H groups in total. The summed E-state index contributed by atoms with van der Waals surface area (Å²) in [4.78, 5) is 24.0. The van der Waals surface area contributed by atoms with Crippen molar-refractivity contribution in [2.45, 2.75) is 0 Å². The minimum atomic E-state index is 0.749. The van der Waals surface area contributed by atoms with Gasteiger partial charge in [0.15, 0.2) is 11.3 Å². The second-order valence-electron chi connectivity index (χ2n) is 10.7. The monoisotopic (exact) mass is 565 g/mol. The van der Waals surface area contributed by atoms with Gasteiger partial charge in [0.1, 0.15) is 16.6 Å². The summed E-state index contributed by atoms with van der Waals surface area (Å²) < 4.78 is 4.38. The highest BCUT2D eigenvalue weighted by Gasteiger charge is 2.22. The Bertz CT molecular complexity index is 2420. The molecule has 0 unspecified atom stereocenters. The topological polar surface area (TPSA) is 74.3 Å². The van der Waals surface area contributed by atoms with Gasteiger partial charge in [-0.2, -0.15) is 0 Å². The van der Waals surface area contributed by atoms with Gasteiger partial charge in [-0.05, 0) is 95.1 Å². The number of hydrogen-bond donors (Lipinski definition) is 0. The van der Waals surface area contributed by atoms with E-state index in [1.165, 1.54) is 0 Å². The summed E-state index contributed by atoms with van der Waals surface area (Å²) in [5.74, 6) is 0. The quantitative estimate of drug-likeness (QED) is 0.215. The van der Waals surface area contributed by atoms with E-state index >= 15 is 0 Å². The second-order valence-corrected chi connectivity index (χ2v) is 10.7. The van der Waals surface area contributed by atoms with Gasteiger partial charge in [-0.15, -0.1) is 0 Å². The first-order chi connectivity index (χ1) is 21.8. The molecule has 0 aliphatic rings. The molecule has 0 atom stereocenters. The fourth-order valence-corrected chi connectivity index (χ4v) is 6.19. The maximum Gasteiger partial charge on any atom is 0.168 e. The fraction of sp³-hybridized carbons (Fsp3) is 0. The summed E-state index contributed by atoms with van der Waals surface area (Å²) in [7, 11) is 0. The SMILES string of the molecule is c1ccc(-n2c3ccccc3c3nc4c5ncccc5n(-c5cc(-c6ccncc6)cc(-c6ccncc6)c5)c4nc32)cc1. The van der Waals surface area contributed by atoms with Crippen LogP contribution in [0.4, 0.5) is 0 Å². The van der Waals surface area contributed by atoms with Crippen LogP contribution in [-0.4, -0.2) is 34.1 Å². The third kappa shape index (κ3) is 3.73. The smallest absolute Gasteiger partial charge is 0.168 e. The Balaban J connectivity index is 1.41. The van der Waals surface area contributed by atoms with Crippen LogP contribution in [0.5, 0.6) is 0 Å². The van der Waals surface area contributed by atoms with Gasteiger partial charge in [0.2, 0.25) is 0 Å². The molecule has 0 aliphatic heterocycles. The van der Waals surface area contributed by atoms with Crippen molar-refractivity contribution in [1.82, 2.24) is 34.1 Å². The minimum Gasteiger partial charge on any atom is -0.292 e. The third-order valence-corrected chi connectivity index (χ3v) is 8.15. The minimum absolute atomic E-state index is 0.749. The van der Waals surface area contributed by atoms with E-state index in [-0.39, 0.29) is 0 Å². The molecule has 0 radical (unpaired) electrons. The molecule has 206 valence electrons. The number of para-hydroxylation sites is 2. The Kier molecular flexibility index (Phi) is 5.36. The van der Waals surface area contributed by atoms with E-state index in [1.54, 1.807) is 0 Å². The summed E-state index contributed by atoms with van der Waals surface area (Å²) in [5, 5.41) is 1.05. The fourth-order valence-electron chi connectivity index (χ4n) is 6.19. The molecule has 9 aromatic rings. The Morgan fingerprint density at radius 2 is 1.02 bits per heavy atom. The van der Waals surface area contributed by atoms with Crippen LogP contribution < -0.4 is 0 Å². The summed E-state index contributed by atoms with van der Waals surface area (Å²) in [6, 6.07) is 37.5. The zero-order valence-corrected chi connectivity index (χ0v) is 23.4. The summed E-state index contributed by atoms with van der Waals surface area (Å²) in [6.07, 6.45) is 9.11. The van der Waals surface area contributed by atoms with Gasteiger partial charge in [-0.25, -0.2) is 9.97 Å². The number of nitrogens with zero attached hydrogens (tertiary/aromatic N) is 7. The van der Waals surface area contributed by atoms with Gasteiger partial charge < -0.3 is 0 Å². The maximum absolute atomic E-state index is 5.41. The lowest BCUT2D eigenvalue weighted by Crippen LogP contribution is -2.00. The van der Waals surface area contributed by atoms with E-state index in [1.807, 2.05) is 79.5 Å². The van der Waals surface area contributed by atoms with Gasteiger partial charge in [-0.1, -0.05) is 36.4 Å². The third-order valence-electron chi connectivity index (χ3n) is 8.15. The van der Waals surface area contributed by atoms with Gasteiger partial charge in [-0.3, -0.25) is 24.1 Å². The highest BCUT2D eigenvalue weighted by molar-refractivity contribution is 6.11. The summed E-state index contributed by atoms with van der Waals surface area (Å²) >= 11 is 0. The first-order valence-corrected chi connectivity index (χ1v) is 14.4. The van der Waals surface area contributed by atoms with Crippen LogP contribution in [0.2, 0.25) is 0 Å². The number of benzene rings is 3. The first kappa shape index (κ1) is 24.4. The number of hydrogen-bond acceptors (Lipinski definition) is 5. The number of aromatic nitrogens is 7. The van der Waals surface area contributed by atoms with Gasteiger partial charge in [0.25, 0.3) is 0 Å². The zero-order chi connectivity index (χ0) is 29.0. The zero-order valence-electron chi connectivity index (χ0n) is 23.4. The maximum atomic E-state index is 5.41. The standard InChI is InChI=1S/C37H23N7/c1-2-7-28(8-3-1)43-31-10-5-4-9-30(31)33-36(43)42-37-35(41-33)34-32(11-6-16-40-34)44(37)29-22-26(24-12-17-38-18-13-24)21-27(23-29)25-14-19-39-20-15-25/h1-23H. The van der Waals surface area contributed by atoms with Crippen LogP contribution in [0.3, 0.4) is 0 Å². The van der Waals surface area contributed by atoms with Gasteiger partial charge in [0, 0.05) is 47.7 Å². The molecule has 0 saturated heterocycles. The van der Waals surface area contributed by atoms with Crippen molar-refractivity contribution >= 4 is 44.3 Å². The molecule has 0 amide bonds. The predicted octanol–water partition coefficient (Wildman–Crippen LogP) is 8.19. The largest absolute Gasteiger partial charge is 0.292 e. The number of pyridine rings is 3. The molecule has 6 aromatic heterocycles.